The molecule has 3 amide bonds. The van der Waals surface area contributed by atoms with Gasteiger partial charge < -0.3 is 5.32 Å². The van der Waals surface area contributed by atoms with E-state index in [-0.39, 0.29) is 23.5 Å². The summed E-state index contributed by atoms with van der Waals surface area (Å²) >= 11 is 1.40. The molecule has 1 aliphatic rings. The molecular weight excluding hydrogens is 336 g/mol. The first-order valence-electron chi connectivity index (χ1n) is 7.96. The fraction of sp³-hybridized carbons (Fsp3) is 0.211. The first-order chi connectivity index (χ1) is 12.1. The highest BCUT2D eigenvalue weighted by molar-refractivity contribution is 7.99. The van der Waals surface area contributed by atoms with Gasteiger partial charge in [0.25, 0.3) is 11.8 Å². The summed E-state index contributed by atoms with van der Waals surface area (Å²) in [5, 5.41) is 2.84. The Morgan fingerprint density at radius 1 is 1.04 bits per heavy atom. The van der Waals surface area contributed by atoms with Crippen LogP contribution in [0.25, 0.3) is 0 Å². The Labute approximate surface area is 150 Å². The van der Waals surface area contributed by atoms with E-state index in [1.54, 1.807) is 24.3 Å². The van der Waals surface area contributed by atoms with Gasteiger partial charge in [0.05, 0.1) is 16.9 Å². The van der Waals surface area contributed by atoms with E-state index in [0.29, 0.717) is 23.4 Å². The summed E-state index contributed by atoms with van der Waals surface area (Å²) < 4.78 is 0. The molecule has 0 aromatic heterocycles. The van der Waals surface area contributed by atoms with Crippen LogP contribution < -0.4 is 5.32 Å². The topological polar surface area (TPSA) is 66.5 Å². The van der Waals surface area contributed by atoms with Crippen LogP contribution in [-0.4, -0.2) is 40.7 Å². The van der Waals surface area contributed by atoms with E-state index in [1.807, 2.05) is 31.2 Å². The molecule has 0 atom stereocenters. The highest BCUT2D eigenvalue weighted by Crippen LogP contribution is 2.22. The number of aryl methyl sites for hydroxylation is 1. The molecule has 2 aromatic rings. The molecule has 0 unspecified atom stereocenters. The van der Waals surface area contributed by atoms with E-state index >= 15 is 0 Å². The number of nitrogens with one attached hydrogen (secondary N) is 1. The van der Waals surface area contributed by atoms with Crippen molar-refractivity contribution in [3.05, 3.63) is 65.2 Å². The molecule has 0 saturated carbocycles. The lowest BCUT2D eigenvalue weighted by Gasteiger charge is -2.13. The van der Waals surface area contributed by atoms with Crippen molar-refractivity contribution < 1.29 is 14.4 Å². The molecule has 0 bridgehead atoms. The van der Waals surface area contributed by atoms with Gasteiger partial charge in [-0.25, -0.2) is 0 Å². The van der Waals surface area contributed by atoms with Crippen LogP contribution >= 0.6 is 11.8 Å². The smallest absolute Gasteiger partial charge is 0.261 e. The minimum absolute atomic E-state index is 0.0991. The van der Waals surface area contributed by atoms with Gasteiger partial charge in [0.2, 0.25) is 5.91 Å². The van der Waals surface area contributed by atoms with Gasteiger partial charge in [0.1, 0.15) is 0 Å². The fourth-order valence-corrected chi connectivity index (χ4v) is 3.40. The number of thioether (sulfide) groups is 1. The van der Waals surface area contributed by atoms with E-state index in [9.17, 15) is 14.4 Å². The van der Waals surface area contributed by atoms with E-state index in [0.717, 1.165) is 11.3 Å². The number of hydrogen-bond donors (Lipinski definition) is 1. The molecule has 0 saturated heterocycles. The van der Waals surface area contributed by atoms with Crippen molar-refractivity contribution in [2.45, 2.75) is 6.92 Å². The molecule has 0 aliphatic carbocycles. The van der Waals surface area contributed by atoms with Gasteiger partial charge in [-0.3, -0.25) is 19.3 Å². The highest BCUT2D eigenvalue weighted by atomic mass is 32.2. The number of amides is 3. The van der Waals surface area contributed by atoms with Gasteiger partial charge in [0, 0.05) is 18.0 Å². The maximum atomic E-state index is 12.2. The van der Waals surface area contributed by atoms with Crippen molar-refractivity contribution in [2.24, 2.45) is 0 Å². The first-order valence-corrected chi connectivity index (χ1v) is 9.11. The number of nitrogens with zero attached hydrogens (tertiary/aromatic N) is 1. The molecule has 0 spiro atoms. The van der Waals surface area contributed by atoms with Crippen LogP contribution in [0.4, 0.5) is 5.69 Å². The van der Waals surface area contributed by atoms with Crippen LogP contribution in [0.2, 0.25) is 0 Å². The monoisotopic (exact) mass is 354 g/mol. The number of imide groups is 1. The van der Waals surface area contributed by atoms with E-state index in [4.69, 9.17) is 0 Å². The lowest BCUT2D eigenvalue weighted by atomic mass is 10.1. The SMILES string of the molecule is Cc1cccc(NC(=O)CSCCN2C(=O)c3ccccc3C2=O)c1. The average Bonchev–Trinajstić information content (AvgIpc) is 2.84. The zero-order chi connectivity index (χ0) is 17.8. The molecule has 0 radical (unpaired) electrons. The molecule has 128 valence electrons. The maximum absolute atomic E-state index is 12.2. The minimum Gasteiger partial charge on any atom is -0.325 e. The number of fused-ring (bicyclic) bond motifs is 1. The van der Waals surface area contributed by atoms with Gasteiger partial charge in [0.15, 0.2) is 0 Å². The summed E-state index contributed by atoms with van der Waals surface area (Å²) in [6.45, 7) is 2.27. The van der Waals surface area contributed by atoms with Crippen molar-refractivity contribution >= 4 is 35.2 Å². The molecule has 6 heteroatoms. The van der Waals surface area contributed by atoms with E-state index in [2.05, 4.69) is 5.32 Å². The van der Waals surface area contributed by atoms with Crippen molar-refractivity contribution in [2.75, 3.05) is 23.4 Å². The molecular formula is C19H18N2O3S. The second-order valence-corrected chi connectivity index (χ2v) is 6.88. The van der Waals surface area contributed by atoms with Crippen molar-refractivity contribution in [3.63, 3.8) is 0 Å². The average molecular weight is 354 g/mol. The molecule has 5 nitrogen and oxygen atoms in total. The lowest BCUT2D eigenvalue weighted by Crippen LogP contribution is -2.32. The molecule has 2 aromatic carbocycles. The predicted octanol–water partition coefficient (Wildman–Crippen LogP) is 2.96. The van der Waals surface area contributed by atoms with E-state index < -0.39 is 0 Å². The Balaban J connectivity index is 1.45. The summed E-state index contributed by atoms with van der Waals surface area (Å²) in [6, 6.07) is 14.4. The Hall–Kier alpha value is -2.60. The lowest BCUT2D eigenvalue weighted by molar-refractivity contribution is -0.113. The largest absolute Gasteiger partial charge is 0.325 e. The number of carbonyl (C=O) groups excluding carboxylic acids is 3. The summed E-state index contributed by atoms with van der Waals surface area (Å²) in [5.74, 6) is 0.179. The van der Waals surface area contributed by atoms with Crippen LogP contribution in [0.1, 0.15) is 26.3 Å². The van der Waals surface area contributed by atoms with Crippen molar-refractivity contribution in [3.8, 4) is 0 Å². The third kappa shape index (κ3) is 3.91. The van der Waals surface area contributed by atoms with Crippen LogP contribution in [0.5, 0.6) is 0 Å². The third-order valence-electron chi connectivity index (χ3n) is 3.87. The summed E-state index contributed by atoms with van der Waals surface area (Å²) in [5.41, 5.74) is 2.76. The van der Waals surface area contributed by atoms with E-state index in [1.165, 1.54) is 16.7 Å². The Bertz CT molecular complexity index is 800. The van der Waals surface area contributed by atoms with Gasteiger partial charge in [-0.1, -0.05) is 24.3 Å². The minimum atomic E-state index is -0.259. The van der Waals surface area contributed by atoms with Crippen LogP contribution in [-0.2, 0) is 4.79 Å². The number of rotatable bonds is 6. The molecule has 25 heavy (non-hydrogen) atoms. The standard InChI is InChI=1S/C19H18N2O3S/c1-13-5-4-6-14(11-13)20-17(22)12-25-10-9-21-18(23)15-7-2-3-8-16(15)19(21)24/h2-8,11H,9-10,12H2,1H3,(H,20,22). The molecule has 1 aliphatic heterocycles. The zero-order valence-corrected chi connectivity index (χ0v) is 14.6. The van der Waals surface area contributed by atoms with Gasteiger partial charge >= 0.3 is 0 Å². The normalized spacial score (nSPS) is 13.1. The zero-order valence-electron chi connectivity index (χ0n) is 13.8. The quantitative estimate of drug-likeness (QED) is 0.640. The highest BCUT2D eigenvalue weighted by Gasteiger charge is 2.34. The second kappa shape index (κ2) is 7.53. The number of anilines is 1. The molecule has 3 rings (SSSR count). The summed E-state index contributed by atoms with van der Waals surface area (Å²) in [7, 11) is 0. The van der Waals surface area contributed by atoms with Gasteiger partial charge in [-0.05, 0) is 36.8 Å². The summed E-state index contributed by atoms with van der Waals surface area (Å²) in [4.78, 5) is 37.6. The molecule has 1 heterocycles. The Morgan fingerprint density at radius 2 is 1.72 bits per heavy atom. The molecule has 1 N–H and O–H groups in total. The Kier molecular flexibility index (Phi) is 5.19. The van der Waals surface area contributed by atoms with Crippen LogP contribution in [0.15, 0.2) is 48.5 Å². The predicted molar refractivity (Wildman–Crippen MR) is 98.9 cm³/mol. The number of benzene rings is 2. The third-order valence-corrected chi connectivity index (χ3v) is 4.81. The second-order valence-electron chi connectivity index (χ2n) is 5.78. The van der Waals surface area contributed by atoms with Crippen molar-refractivity contribution in [1.29, 1.82) is 0 Å². The first kappa shape index (κ1) is 17.2. The fourth-order valence-electron chi connectivity index (χ4n) is 2.68. The van der Waals surface area contributed by atoms with Gasteiger partial charge in [-0.15, -0.1) is 0 Å². The molecule has 0 fully saturated rings. The van der Waals surface area contributed by atoms with Crippen LogP contribution in [0.3, 0.4) is 0 Å². The van der Waals surface area contributed by atoms with Crippen LogP contribution in [0, 0.1) is 6.92 Å². The van der Waals surface area contributed by atoms with Crippen molar-refractivity contribution in [1.82, 2.24) is 4.90 Å². The summed E-state index contributed by atoms with van der Waals surface area (Å²) in [6.07, 6.45) is 0. The van der Waals surface area contributed by atoms with Gasteiger partial charge in [-0.2, -0.15) is 11.8 Å². The number of hydrogen-bond acceptors (Lipinski definition) is 4. The number of carbonyl (C=O) groups is 3. The maximum Gasteiger partial charge on any atom is 0.261 e. The Morgan fingerprint density at radius 3 is 2.36 bits per heavy atom.